The summed E-state index contributed by atoms with van der Waals surface area (Å²) in [7, 11) is -3.76. The molecule has 2 aliphatic rings. The number of anilines is 2. The lowest BCUT2D eigenvalue weighted by Crippen LogP contribution is -2.36. The fourth-order valence-electron chi connectivity index (χ4n) is 2.65. The molecule has 3 rings (SSSR count). The summed E-state index contributed by atoms with van der Waals surface area (Å²) in [6.45, 7) is 3.53. The Bertz CT molecular complexity index is 750. The summed E-state index contributed by atoms with van der Waals surface area (Å²) in [5.74, 6) is -0.707. The van der Waals surface area contributed by atoms with Gasteiger partial charge in [-0.25, -0.2) is 13.4 Å². The van der Waals surface area contributed by atoms with Gasteiger partial charge in [-0.1, -0.05) is 0 Å². The number of hydrogen-bond acceptors (Lipinski definition) is 7. The second kappa shape index (κ2) is 7.14. The van der Waals surface area contributed by atoms with E-state index >= 15 is 0 Å². The molecule has 0 spiro atoms. The first kappa shape index (κ1) is 17.9. The Morgan fingerprint density at radius 1 is 1.32 bits per heavy atom. The average Bonchev–Trinajstić information content (AvgIpc) is 2.95. The Labute approximate surface area is 145 Å². The minimum Gasteiger partial charge on any atom is -0.416 e. The third-order valence-electron chi connectivity index (χ3n) is 3.99. The zero-order valence-electron chi connectivity index (χ0n) is 13.7. The zero-order valence-corrected chi connectivity index (χ0v) is 14.5. The van der Waals surface area contributed by atoms with Crippen molar-refractivity contribution in [2.45, 2.75) is 13.2 Å². The number of halogens is 1. The number of morpholine rings is 1. The van der Waals surface area contributed by atoms with Gasteiger partial charge in [-0.05, 0) is 25.1 Å². The normalized spacial score (nSPS) is 21.5. The first-order valence-corrected chi connectivity index (χ1v) is 9.48. The zero-order chi connectivity index (χ0) is 18.0. The highest BCUT2D eigenvalue weighted by atomic mass is 32.2. The molecule has 0 N–H and O–H groups in total. The van der Waals surface area contributed by atoms with E-state index in [9.17, 15) is 17.6 Å². The highest BCUT2D eigenvalue weighted by Gasteiger charge is 2.36. The molecular formula is C15H19FN2O6S. The SMILES string of the molecule is CCS(=O)(=O)O[C@@H]1CN(c2ccc(N3CCOCC3)c(F)c2)C(=O)O1. The maximum atomic E-state index is 14.4. The van der Waals surface area contributed by atoms with Crippen molar-refractivity contribution in [1.82, 2.24) is 0 Å². The topological polar surface area (TPSA) is 85.4 Å². The van der Waals surface area contributed by atoms with Crippen molar-refractivity contribution in [2.75, 3.05) is 48.4 Å². The molecule has 2 heterocycles. The van der Waals surface area contributed by atoms with Gasteiger partial charge in [0.05, 0.1) is 36.9 Å². The summed E-state index contributed by atoms with van der Waals surface area (Å²) in [4.78, 5) is 14.9. The van der Waals surface area contributed by atoms with Crippen LogP contribution in [0, 0.1) is 5.82 Å². The number of rotatable bonds is 5. The van der Waals surface area contributed by atoms with Crippen LogP contribution in [0.2, 0.25) is 0 Å². The summed E-state index contributed by atoms with van der Waals surface area (Å²) in [6, 6.07) is 4.40. The minimum atomic E-state index is -3.76. The smallest absolute Gasteiger partial charge is 0.416 e. The molecular weight excluding hydrogens is 355 g/mol. The van der Waals surface area contributed by atoms with Crippen LogP contribution in [0.3, 0.4) is 0 Å². The third kappa shape index (κ3) is 4.02. The van der Waals surface area contributed by atoms with E-state index in [1.807, 2.05) is 4.90 Å². The molecule has 0 aliphatic carbocycles. The fourth-order valence-corrected chi connectivity index (χ4v) is 3.22. The molecule has 1 aromatic carbocycles. The molecule has 25 heavy (non-hydrogen) atoms. The first-order chi connectivity index (χ1) is 11.9. The highest BCUT2D eigenvalue weighted by Crippen LogP contribution is 2.28. The molecule has 0 saturated carbocycles. The lowest BCUT2D eigenvalue weighted by atomic mass is 10.2. The van der Waals surface area contributed by atoms with Crippen molar-refractivity contribution in [3.05, 3.63) is 24.0 Å². The third-order valence-corrected chi connectivity index (χ3v) is 5.20. The lowest BCUT2D eigenvalue weighted by Gasteiger charge is -2.29. The Hall–Kier alpha value is -1.91. The van der Waals surface area contributed by atoms with E-state index in [1.165, 1.54) is 13.0 Å². The van der Waals surface area contributed by atoms with Gasteiger partial charge in [0, 0.05) is 13.1 Å². The second-order valence-corrected chi connectivity index (χ2v) is 7.49. The number of ether oxygens (including phenoxy) is 2. The molecule has 1 aromatic rings. The van der Waals surface area contributed by atoms with Crippen molar-refractivity contribution < 1.29 is 31.3 Å². The maximum absolute atomic E-state index is 14.4. The predicted molar refractivity (Wildman–Crippen MR) is 87.6 cm³/mol. The van der Waals surface area contributed by atoms with Gasteiger partial charge in [-0.2, -0.15) is 8.42 Å². The molecule has 10 heteroatoms. The molecule has 1 amide bonds. The summed E-state index contributed by atoms with van der Waals surface area (Å²) >= 11 is 0. The summed E-state index contributed by atoms with van der Waals surface area (Å²) in [5, 5.41) is 0. The van der Waals surface area contributed by atoms with Crippen LogP contribution in [-0.2, 0) is 23.8 Å². The molecule has 0 aromatic heterocycles. The Balaban J connectivity index is 1.73. The van der Waals surface area contributed by atoms with Gasteiger partial charge in [-0.3, -0.25) is 4.90 Å². The Morgan fingerprint density at radius 3 is 2.68 bits per heavy atom. The van der Waals surface area contributed by atoms with Crippen molar-refractivity contribution in [2.24, 2.45) is 0 Å². The monoisotopic (exact) mass is 374 g/mol. The molecule has 2 aliphatic heterocycles. The van der Waals surface area contributed by atoms with Crippen LogP contribution in [0.4, 0.5) is 20.6 Å². The molecule has 1 atom stereocenters. The molecule has 0 unspecified atom stereocenters. The van der Waals surface area contributed by atoms with Crippen LogP contribution in [0.5, 0.6) is 0 Å². The minimum absolute atomic E-state index is 0.131. The van der Waals surface area contributed by atoms with E-state index in [2.05, 4.69) is 0 Å². The predicted octanol–water partition coefficient (Wildman–Crippen LogP) is 1.31. The quantitative estimate of drug-likeness (QED) is 0.719. The van der Waals surface area contributed by atoms with Gasteiger partial charge in [0.25, 0.3) is 10.1 Å². The molecule has 8 nitrogen and oxygen atoms in total. The maximum Gasteiger partial charge on any atom is 0.416 e. The number of cyclic esters (lactones) is 1. The van der Waals surface area contributed by atoms with E-state index in [-0.39, 0.29) is 18.0 Å². The van der Waals surface area contributed by atoms with Crippen LogP contribution < -0.4 is 9.80 Å². The molecule has 138 valence electrons. The largest absolute Gasteiger partial charge is 0.416 e. The molecule has 2 fully saturated rings. The van der Waals surface area contributed by atoms with Crippen LogP contribution >= 0.6 is 0 Å². The van der Waals surface area contributed by atoms with E-state index < -0.39 is 28.3 Å². The number of amides is 1. The van der Waals surface area contributed by atoms with Crippen LogP contribution in [0.25, 0.3) is 0 Å². The standard InChI is InChI=1S/C15H19FN2O6S/c1-2-25(20,21)24-14-10-18(15(19)23-14)11-3-4-13(12(16)9-11)17-5-7-22-8-6-17/h3-4,9,14H,2,5-8,10H2,1H3/t14-/m1/s1. The van der Waals surface area contributed by atoms with Gasteiger partial charge in [0.1, 0.15) is 5.82 Å². The van der Waals surface area contributed by atoms with Gasteiger partial charge >= 0.3 is 6.09 Å². The summed E-state index contributed by atoms with van der Waals surface area (Å²) in [5.41, 5.74) is 0.709. The Kier molecular flexibility index (Phi) is 5.11. The number of benzene rings is 1. The van der Waals surface area contributed by atoms with E-state index in [0.29, 0.717) is 32.0 Å². The van der Waals surface area contributed by atoms with E-state index in [0.717, 1.165) is 4.90 Å². The number of hydrogen-bond donors (Lipinski definition) is 0. The van der Waals surface area contributed by atoms with E-state index in [4.69, 9.17) is 13.7 Å². The summed E-state index contributed by atoms with van der Waals surface area (Å²) in [6.07, 6.45) is -2.02. The van der Waals surface area contributed by atoms with Crippen molar-refractivity contribution in [3.63, 3.8) is 0 Å². The van der Waals surface area contributed by atoms with Gasteiger partial charge < -0.3 is 14.4 Å². The summed E-state index contributed by atoms with van der Waals surface area (Å²) < 4.78 is 52.3. The van der Waals surface area contributed by atoms with Gasteiger partial charge in [0.2, 0.25) is 6.29 Å². The van der Waals surface area contributed by atoms with Gasteiger partial charge in [0.15, 0.2) is 0 Å². The van der Waals surface area contributed by atoms with Crippen LogP contribution in [-0.4, -0.2) is 59.4 Å². The second-order valence-electron chi connectivity index (χ2n) is 5.60. The molecule has 0 bridgehead atoms. The molecule has 0 radical (unpaired) electrons. The number of nitrogens with zero attached hydrogens (tertiary/aromatic N) is 2. The van der Waals surface area contributed by atoms with Crippen LogP contribution in [0.1, 0.15) is 6.92 Å². The van der Waals surface area contributed by atoms with Crippen molar-refractivity contribution in [1.29, 1.82) is 0 Å². The van der Waals surface area contributed by atoms with E-state index in [1.54, 1.807) is 12.1 Å². The number of carbonyl (C=O) groups is 1. The number of carbonyl (C=O) groups excluding carboxylic acids is 1. The molecule has 2 saturated heterocycles. The van der Waals surface area contributed by atoms with Gasteiger partial charge in [-0.15, -0.1) is 0 Å². The average molecular weight is 374 g/mol. The lowest BCUT2D eigenvalue weighted by molar-refractivity contribution is 0.0109. The van der Waals surface area contributed by atoms with Crippen molar-refractivity contribution in [3.8, 4) is 0 Å². The Morgan fingerprint density at radius 2 is 2.04 bits per heavy atom. The first-order valence-electron chi connectivity index (χ1n) is 7.91. The fraction of sp³-hybridized carbons (Fsp3) is 0.533. The van der Waals surface area contributed by atoms with Crippen LogP contribution in [0.15, 0.2) is 18.2 Å². The van der Waals surface area contributed by atoms with Crippen molar-refractivity contribution >= 4 is 27.6 Å². The highest BCUT2D eigenvalue weighted by molar-refractivity contribution is 7.86.